The predicted molar refractivity (Wildman–Crippen MR) is 171 cm³/mol. The van der Waals surface area contributed by atoms with Gasteiger partial charge in [0.25, 0.3) is 0 Å². The van der Waals surface area contributed by atoms with Crippen LogP contribution in [0.25, 0.3) is 0 Å². The Hall–Kier alpha value is -4.16. The standard InChI is InChI=1S/C35H36N2O2Si/c1-27-11-15-30(16-12-27)36(29-9-7-6-8-10-29)32-19-21-33(22-20-32)37(31-17-13-28(2)14-18-31)34-23-25-35(26-24-34)40(5,38-3)39-4/h6-26H,1-5H3. The summed E-state index contributed by atoms with van der Waals surface area (Å²) in [6.07, 6.45) is 0. The van der Waals surface area contributed by atoms with Crippen LogP contribution in [-0.2, 0) is 8.85 Å². The summed E-state index contributed by atoms with van der Waals surface area (Å²) in [7, 11) is 1.03. The second-order valence-electron chi connectivity index (χ2n) is 10.1. The van der Waals surface area contributed by atoms with Gasteiger partial charge in [0.15, 0.2) is 0 Å². The van der Waals surface area contributed by atoms with E-state index in [0.29, 0.717) is 0 Å². The summed E-state index contributed by atoms with van der Waals surface area (Å²) >= 11 is 0. The zero-order chi connectivity index (χ0) is 28.1. The van der Waals surface area contributed by atoms with Crippen LogP contribution in [0.4, 0.5) is 34.1 Å². The minimum Gasteiger partial charge on any atom is -0.394 e. The van der Waals surface area contributed by atoms with Crippen LogP contribution in [0.2, 0.25) is 6.55 Å². The van der Waals surface area contributed by atoms with Gasteiger partial charge in [-0.25, -0.2) is 0 Å². The summed E-state index contributed by atoms with van der Waals surface area (Å²) in [5.74, 6) is 0. The Balaban J connectivity index is 1.56. The van der Waals surface area contributed by atoms with Gasteiger partial charge < -0.3 is 18.7 Å². The number of benzene rings is 5. The molecule has 0 aliphatic rings. The largest absolute Gasteiger partial charge is 0.394 e. The maximum Gasteiger partial charge on any atom is 0.368 e. The van der Waals surface area contributed by atoms with Crippen LogP contribution in [-0.4, -0.2) is 22.8 Å². The first kappa shape index (κ1) is 27.4. The van der Waals surface area contributed by atoms with Gasteiger partial charge in [0, 0.05) is 48.3 Å². The molecule has 202 valence electrons. The van der Waals surface area contributed by atoms with Crippen molar-refractivity contribution in [1.29, 1.82) is 0 Å². The maximum absolute atomic E-state index is 5.77. The lowest BCUT2D eigenvalue weighted by molar-refractivity contribution is 0.265. The molecule has 0 heterocycles. The van der Waals surface area contributed by atoms with E-state index in [0.717, 1.165) is 39.3 Å². The van der Waals surface area contributed by atoms with Crippen molar-refractivity contribution in [3.05, 3.63) is 139 Å². The molecule has 0 saturated heterocycles. The highest BCUT2D eigenvalue weighted by molar-refractivity contribution is 6.79. The molecular formula is C35H36N2O2Si. The van der Waals surface area contributed by atoms with Gasteiger partial charge in [0.1, 0.15) is 0 Å². The van der Waals surface area contributed by atoms with Crippen LogP contribution >= 0.6 is 0 Å². The lowest BCUT2D eigenvalue weighted by Gasteiger charge is -2.29. The van der Waals surface area contributed by atoms with E-state index in [2.05, 4.69) is 158 Å². The zero-order valence-electron chi connectivity index (χ0n) is 23.8. The van der Waals surface area contributed by atoms with Crippen molar-refractivity contribution in [2.75, 3.05) is 24.0 Å². The number of aryl methyl sites for hydroxylation is 2. The van der Waals surface area contributed by atoms with Gasteiger partial charge in [-0.05, 0) is 98.4 Å². The normalized spacial score (nSPS) is 11.3. The first-order chi connectivity index (χ1) is 19.4. The van der Waals surface area contributed by atoms with Gasteiger partial charge in [0.05, 0.1) is 0 Å². The summed E-state index contributed by atoms with van der Waals surface area (Å²) in [5.41, 5.74) is 9.06. The lowest BCUT2D eigenvalue weighted by Crippen LogP contribution is -2.49. The maximum atomic E-state index is 5.77. The minimum absolute atomic E-state index is 1.07. The van der Waals surface area contributed by atoms with Crippen molar-refractivity contribution in [1.82, 2.24) is 0 Å². The number of hydrogen-bond acceptors (Lipinski definition) is 4. The van der Waals surface area contributed by atoms with E-state index >= 15 is 0 Å². The molecule has 5 heteroatoms. The number of para-hydroxylation sites is 1. The molecule has 0 amide bonds. The second-order valence-corrected chi connectivity index (χ2v) is 13.4. The summed E-state index contributed by atoms with van der Waals surface area (Å²) in [6.45, 7) is 6.29. The highest BCUT2D eigenvalue weighted by Crippen LogP contribution is 2.38. The molecule has 0 bridgehead atoms. The Bertz CT molecular complexity index is 1510. The van der Waals surface area contributed by atoms with E-state index in [1.807, 2.05) is 0 Å². The quantitative estimate of drug-likeness (QED) is 0.173. The topological polar surface area (TPSA) is 24.9 Å². The SMILES string of the molecule is CO[Si](C)(OC)c1ccc(N(c2ccc(C)cc2)c2ccc(N(c3ccccc3)c3ccc(C)cc3)cc2)cc1. The Labute approximate surface area is 239 Å². The molecule has 40 heavy (non-hydrogen) atoms. The van der Waals surface area contributed by atoms with Crippen LogP contribution in [0.15, 0.2) is 127 Å². The molecule has 4 nitrogen and oxygen atoms in total. The van der Waals surface area contributed by atoms with E-state index in [9.17, 15) is 0 Å². The van der Waals surface area contributed by atoms with Crippen molar-refractivity contribution in [2.24, 2.45) is 0 Å². The van der Waals surface area contributed by atoms with Gasteiger partial charge in [0.2, 0.25) is 0 Å². The zero-order valence-corrected chi connectivity index (χ0v) is 24.8. The van der Waals surface area contributed by atoms with E-state index in [4.69, 9.17) is 8.85 Å². The van der Waals surface area contributed by atoms with Gasteiger partial charge >= 0.3 is 8.56 Å². The molecule has 5 aromatic carbocycles. The summed E-state index contributed by atoms with van der Waals surface area (Å²) in [5, 5.41) is 1.09. The Morgan fingerprint density at radius 3 is 1.07 bits per heavy atom. The van der Waals surface area contributed by atoms with E-state index < -0.39 is 8.56 Å². The number of rotatable bonds is 9. The molecule has 5 aromatic rings. The van der Waals surface area contributed by atoms with Crippen LogP contribution < -0.4 is 15.0 Å². The average Bonchev–Trinajstić information content (AvgIpc) is 3.00. The Morgan fingerprint density at radius 1 is 0.425 bits per heavy atom. The lowest BCUT2D eigenvalue weighted by atomic mass is 10.1. The molecule has 0 unspecified atom stereocenters. The third-order valence-electron chi connectivity index (χ3n) is 7.39. The van der Waals surface area contributed by atoms with Crippen LogP contribution in [0.1, 0.15) is 11.1 Å². The highest BCUT2D eigenvalue weighted by atomic mass is 28.4. The molecular weight excluding hydrogens is 508 g/mol. The first-order valence-electron chi connectivity index (χ1n) is 13.5. The van der Waals surface area contributed by atoms with Crippen molar-refractivity contribution in [3.63, 3.8) is 0 Å². The van der Waals surface area contributed by atoms with E-state index in [-0.39, 0.29) is 0 Å². The van der Waals surface area contributed by atoms with Crippen LogP contribution in [0.5, 0.6) is 0 Å². The van der Waals surface area contributed by atoms with E-state index in [1.54, 1.807) is 14.2 Å². The summed E-state index contributed by atoms with van der Waals surface area (Å²) in [6, 6.07) is 45.1. The monoisotopic (exact) mass is 544 g/mol. The Morgan fingerprint density at radius 2 is 0.725 bits per heavy atom. The predicted octanol–water partition coefficient (Wildman–Crippen LogP) is 8.81. The fourth-order valence-corrected chi connectivity index (χ4v) is 6.25. The molecule has 0 aliphatic carbocycles. The fourth-order valence-electron chi connectivity index (χ4n) is 4.84. The van der Waals surface area contributed by atoms with Crippen LogP contribution in [0.3, 0.4) is 0 Å². The molecule has 0 radical (unpaired) electrons. The van der Waals surface area contributed by atoms with Crippen molar-refractivity contribution in [2.45, 2.75) is 20.4 Å². The molecule has 0 fully saturated rings. The number of hydrogen-bond donors (Lipinski definition) is 0. The molecule has 0 spiro atoms. The summed E-state index contributed by atoms with van der Waals surface area (Å²) in [4.78, 5) is 4.57. The molecule has 0 N–H and O–H groups in total. The fraction of sp³-hybridized carbons (Fsp3) is 0.143. The third-order valence-corrected chi connectivity index (χ3v) is 10.3. The molecule has 5 rings (SSSR count). The average molecular weight is 545 g/mol. The van der Waals surface area contributed by atoms with Gasteiger partial charge in [-0.15, -0.1) is 0 Å². The molecule has 0 saturated carbocycles. The van der Waals surface area contributed by atoms with Gasteiger partial charge in [-0.1, -0.05) is 65.7 Å². The van der Waals surface area contributed by atoms with Crippen molar-refractivity contribution in [3.8, 4) is 0 Å². The van der Waals surface area contributed by atoms with E-state index in [1.165, 1.54) is 11.1 Å². The van der Waals surface area contributed by atoms with Crippen molar-refractivity contribution >= 4 is 47.9 Å². The first-order valence-corrected chi connectivity index (χ1v) is 15.8. The smallest absolute Gasteiger partial charge is 0.368 e. The third kappa shape index (κ3) is 5.72. The number of nitrogens with zero attached hydrogens (tertiary/aromatic N) is 2. The van der Waals surface area contributed by atoms with Gasteiger partial charge in [-0.3, -0.25) is 0 Å². The highest BCUT2D eigenvalue weighted by Gasteiger charge is 2.31. The molecule has 0 aliphatic heterocycles. The minimum atomic E-state index is -2.41. The van der Waals surface area contributed by atoms with Crippen molar-refractivity contribution < 1.29 is 8.85 Å². The Kier molecular flexibility index (Phi) is 8.17. The summed E-state index contributed by atoms with van der Waals surface area (Å²) < 4.78 is 11.5. The van der Waals surface area contributed by atoms with Crippen LogP contribution in [0, 0.1) is 13.8 Å². The second kappa shape index (κ2) is 11.9. The van der Waals surface area contributed by atoms with Gasteiger partial charge in [-0.2, -0.15) is 0 Å². The molecule has 0 aromatic heterocycles. The molecule has 0 atom stereocenters. The number of anilines is 6.